The number of rotatable bonds is 2. The third-order valence-corrected chi connectivity index (χ3v) is 4.97. The third-order valence-electron chi connectivity index (χ3n) is 4.97. The molecule has 16 heavy (non-hydrogen) atoms. The molecule has 2 nitrogen and oxygen atoms in total. The number of nitrogens with one attached hydrogen (secondary N) is 1. The summed E-state index contributed by atoms with van der Waals surface area (Å²) in [5.74, 6) is 0.767. The summed E-state index contributed by atoms with van der Waals surface area (Å²) in [6.07, 6.45) is 3.41. The van der Waals surface area contributed by atoms with Crippen LogP contribution in [0.5, 0.6) is 0 Å². The van der Waals surface area contributed by atoms with Gasteiger partial charge in [-0.25, -0.2) is 0 Å². The van der Waals surface area contributed by atoms with Crippen LogP contribution in [0.4, 0.5) is 0 Å². The van der Waals surface area contributed by atoms with Crippen molar-refractivity contribution >= 4 is 0 Å². The van der Waals surface area contributed by atoms with Gasteiger partial charge in [0.1, 0.15) is 0 Å². The van der Waals surface area contributed by atoms with Crippen LogP contribution >= 0.6 is 0 Å². The molecule has 0 aromatic rings. The lowest BCUT2D eigenvalue weighted by molar-refractivity contribution is -0.0770. The molecule has 4 atom stereocenters. The molecule has 2 N–H and O–H groups in total. The maximum atomic E-state index is 9.75. The van der Waals surface area contributed by atoms with Crippen LogP contribution in [-0.4, -0.2) is 23.3 Å². The zero-order chi connectivity index (χ0) is 12.1. The van der Waals surface area contributed by atoms with Crippen LogP contribution < -0.4 is 5.32 Å². The Morgan fingerprint density at radius 2 is 1.75 bits per heavy atom. The van der Waals surface area contributed by atoms with E-state index in [1.54, 1.807) is 0 Å². The molecular weight excluding hydrogens is 198 g/mol. The first-order chi connectivity index (χ1) is 7.22. The van der Waals surface area contributed by atoms with Gasteiger partial charge in [0.2, 0.25) is 0 Å². The highest BCUT2D eigenvalue weighted by Crippen LogP contribution is 2.45. The van der Waals surface area contributed by atoms with Crippen LogP contribution in [0.2, 0.25) is 0 Å². The van der Waals surface area contributed by atoms with Crippen LogP contribution in [0, 0.1) is 16.7 Å². The standard InChI is InChI=1S/C14H27NO/c1-9-7-13(2,3)8-10(9)15-11-6-12(16)14(11,4)5/h9-12,15-16H,6-8H2,1-5H3. The fourth-order valence-electron chi connectivity index (χ4n) is 3.56. The van der Waals surface area contributed by atoms with Crippen LogP contribution in [0.1, 0.15) is 53.9 Å². The second-order valence-corrected chi connectivity index (χ2v) is 7.45. The first-order valence-corrected chi connectivity index (χ1v) is 6.66. The van der Waals surface area contributed by atoms with Gasteiger partial charge < -0.3 is 10.4 Å². The van der Waals surface area contributed by atoms with Gasteiger partial charge >= 0.3 is 0 Å². The van der Waals surface area contributed by atoms with E-state index in [9.17, 15) is 5.11 Å². The summed E-state index contributed by atoms with van der Waals surface area (Å²) < 4.78 is 0. The van der Waals surface area contributed by atoms with Gasteiger partial charge in [0, 0.05) is 17.5 Å². The summed E-state index contributed by atoms with van der Waals surface area (Å²) in [6, 6.07) is 1.15. The van der Waals surface area contributed by atoms with Gasteiger partial charge in [-0.3, -0.25) is 0 Å². The summed E-state index contributed by atoms with van der Waals surface area (Å²) in [7, 11) is 0. The first-order valence-electron chi connectivity index (χ1n) is 6.66. The second kappa shape index (κ2) is 3.71. The lowest BCUT2D eigenvalue weighted by Gasteiger charge is -2.51. The van der Waals surface area contributed by atoms with Crippen LogP contribution in [-0.2, 0) is 0 Å². The molecule has 2 fully saturated rings. The second-order valence-electron chi connectivity index (χ2n) is 7.45. The fraction of sp³-hybridized carbons (Fsp3) is 1.00. The van der Waals surface area contributed by atoms with Gasteiger partial charge in [0.15, 0.2) is 0 Å². The predicted octanol–water partition coefficient (Wildman–Crippen LogP) is 2.56. The lowest BCUT2D eigenvalue weighted by Crippen LogP contribution is -2.62. The Kier molecular flexibility index (Phi) is 2.87. The van der Waals surface area contributed by atoms with E-state index in [0.29, 0.717) is 17.5 Å². The van der Waals surface area contributed by atoms with Gasteiger partial charge in [-0.2, -0.15) is 0 Å². The predicted molar refractivity (Wildman–Crippen MR) is 67.3 cm³/mol. The van der Waals surface area contributed by atoms with Crippen molar-refractivity contribution in [2.75, 3.05) is 0 Å². The zero-order valence-corrected chi connectivity index (χ0v) is 11.4. The number of hydrogen-bond acceptors (Lipinski definition) is 2. The van der Waals surface area contributed by atoms with Crippen molar-refractivity contribution in [3.8, 4) is 0 Å². The molecule has 0 aromatic carbocycles. The van der Waals surface area contributed by atoms with E-state index in [1.165, 1.54) is 12.8 Å². The van der Waals surface area contributed by atoms with E-state index in [2.05, 4.69) is 39.9 Å². The maximum absolute atomic E-state index is 9.75. The molecule has 0 aromatic heterocycles. The summed E-state index contributed by atoms with van der Waals surface area (Å²) in [6.45, 7) is 11.4. The Morgan fingerprint density at radius 3 is 2.12 bits per heavy atom. The number of aliphatic hydroxyl groups excluding tert-OH is 1. The van der Waals surface area contributed by atoms with E-state index in [0.717, 1.165) is 12.3 Å². The quantitative estimate of drug-likeness (QED) is 0.757. The Bertz CT molecular complexity index is 272. The normalized spacial score (nSPS) is 45.4. The molecule has 0 saturated heterocycles. The van der Waals surface area contributed by atoms with Crippen molar-refractivity contribution in [2.45, 2.75) is 72.1 Å². The highest BCUT2D eigenvalue weighted by molar-refractivity contribution is 5.04. The minimum absolute atomic E-state index is 0.0620. The topological polar surface area (TPSA) is 32.3 Å². The van der Waals surface area contributed by atoms with Crippen LogP contribution in [0.25, 0.3) is 0 Å². The minimum atomic E-state index is -0.116. The summed E-state index contributed by atoms with van der Waals surface area (Å²) >= 11 is 0. The van der Waals surface area contributed by atoms with Crippen LogP contribution in [0.15, 0.2) is 0 Å². The number of aliphatic hydroxyl groups is 1. The van der Waals surface area contributed by atoms with Crippen molar-refractivity contribution in [1.29, 1.82) is 0 Å². The van der Waals surface area contributed by atoms with Gasteiger partial charge in [-0.1, -0.05) is 34.6 Å². The molecule has 0 amide bonds. The molecule has 2 aliphatic rings. The highest BCUT2D eigenvalue weighted by Gasteiger charge is 2.49. The Morgan fingerprint density at radius 1 is 1.12 bits per heavy atom. The van der Waals surface area contributed by atoms with Crippen LogP contribution in [0.3, 0.4) is 0 Å². The van der Waals surface area contributed by atoms with Crippen molar-refractivity contribution < 1.29 is 5.11 Å². The molecule has 0 spiro atoms. The van der Waals surface area contributed by atoms with Crippen molar-refractivity contribution in [3.63, 3.8) is 0 Å². The van der Waals surface area contributed by atoms with E-state index < -0.39 is 0 Å². The maximum Gasteiger partial charge on any atom is 0.0621 e. The molecule has 0 radical (unpaired) electrons. The first kappa shape index (κ1) is 12.4. The fourth-order valence-corrected chi connectivity index (χ4v) is 3.56. The largest absolute Gasteiger partial charge is 0.392 e. The Balaban J connectivity index is 1.92. The monoisotopic (exact) mass is 225 g/mol. The summed E-state index contributed by atoms with van der Waals surface area (Å²) in [4.78, 5) is 0. The van der Waals surface area contributed by atoms with E-state index >= 15 is 0 Å². The third kappa shape index (κ3) is 2.02. The molecular formula is C14H27NO. The summed E-state index contributed by atoms with van der Waals surface area (Å²) in [5.41, 5.74) is 0.552. The molecule has 2 aliphatic carbocycles. The zero-order valence-electron chi connectivity index (χ0n) is 11.4. The summed E-state index contributed by atoms with van der Waals surface area (Å²) in [5, 5.41) is 13.5. The average molecular weight is 225 g/mol. The smallest absolute Gasteiger partial charge is 0.0621 e. The molecule has 2 rings (SSSR count). The van der Waals surface area contributed by atoms with E-state index in [-0.39, 0.29) is 11.5 Å². The molecule has 0 aliphatic heterocycles. The van der Waals surface area contributed by atoms with Gasteiger partial charge in [0.25, 0.3) is 0 Å². The van der Waals surface area contributed by atoms with Gasteiger partial charge in [-0.05, 0) is 30.6 Å². The Hall–Kier alpha value is -0.0800. The Labute approximate surface area is 99.8 Å². The lowest BCUT2D eigenvalue weighted by atomic mass is 9.64. The van der Waals surface area contributed by atoms with Gasteiger partial charge in [0.05, 0.1) is 6.10 Å². The van der Waals surface area contributed by atoms with Crippen molar-refractivity contribution in [1.82, 2.24) is 5.32 Å². The molecule has 2 heteroatoms. The van der Waals surface area contributed by atoms with Crippen molar-refractivity contribution in [2.24, 2.45) is 16.7 Å². The molecule has 94 valence electrons. The number of hydrogen-bond donors (Lipinski definition) is 2. The average Bonchev–Trinajstić information content (AvgIpc) is 2.39. The van der Waals surface area contributed by atoms with E-state index in [1.807, 2.05) is 0 Å². The van der Waals surface area contributed by atoms with Crippen molar-refractivity contribution in [3.05, 3.63) is 0 Å². The van der Waals surface area contributed by atoms with Gasteiger partial charge in [-0.15, -0.1) is 0 Å². The minimum Gasteiger partial charge on any atom is -0.392 e. The SMILES string of the molecule is CC1CC(C)(C)CC1NC1CC(O)C1(C)C. The molecule has 0 bridgehead atoms. The molecule has 4 unspecified atom stereocenters. The van der Waals surface area contributed by atoms with E-state index in [4.69, 9.17) is 0 Å². The molecule has 2 saturated carbocycles. The highest BCUT2D eigenvalue weighted by atomic mass is 16.3. The molecule has 0 heterocycles.